The molecule has 0 spiro atoms. The first kappa shape index (κ1) is 13.7. The van der Waals surface area contributed by atoms with Crippen LogP contribution in [0.4, 0.5) is 0 Å². The zero-order chi connectivity index (χ0) is 13.7. The maximum atomic E-state index is 11.7. The molecule has 4 nitrogen and oxygen atoms in total. The van der Waals surface area contributed by atoms with Crippen LogP contribution in [0.3, 0.4) is 0 Å². The van der Waals surface area contributed by atoms with E-state index in [1.54, 1.807) is 42.7 Å². The molecule has 0 saturated heterocycles. The number of aromatic nitrogens is 1. The highest BCUT2D eigenvalue weighted by atomic mass is 79.9. The van der Waals surface area contributed by atoms with Gasteiger partial charge in [-0.3, -0.25) is 9.78 Å². The summed E-state index contributed by atoms with van der Waals surface area (Å²) in [4.78, 5) is 15.6. The molecule has 1 aromatic heterocycles. The minimum atomic E-state index is -0.320. The van der Waals surface area contributed by atoms with Gasteiger partial charge in [-0.2, -0.15) is 5.10 Å². The van der Waals surface area contributed by atoms with Crippen molar-refractivity contribution in [2.24, 2.45) is 5.10 Å². The molecule has 2 aromatic rings. The van der Waals surface area contributed by atoms with Crippen LogP contribution in [0.1, 0.15) is 15.9 Å². The Labute approximate surface area is 123 Å². The molecular weight excluding hydrogens is 330 g/mol. The summed E-state index contributed by atoms with van der Waals surface area (Å²) in [5.74, 6) is -0.320. The summed E-state index contributed by atoms with van der Waals surface area (Å²) in [5.41, 5.74) is 3.70. The predicted octanol–water partition coefficient (Wildman–Crippen LogP) is 3.26. The first-order valence-electron chi connectivity index (χ1n) is 5.35. The lowest BCUT2D eigenvalue weighted by atomic mass is 10.2. The molecule has 1 amide bonds. The molecule has 0 aliphatic heterocycles. The lowest BCUT2D eigenvalue weighted by Gasteiger charge is -1.99. The van der Waals surface area contributed by atoms with Crippen molar-refractivity contribution in [2.45, 2.75) is 0 Å². The van der Waals surface area contributed by atoms with Gasteiger partial charge in [0.1, 0.15) is 0 Å². The number of hydrogen-bond donors (Lipinski definition) is 1. The van der Waals surface area contributed by atoms with Gasteiger partial charge in [-0.1, -0.05) is 23.7 Å². The molecule has 0 fully saturated rings. The Kier molecular flexibility index (Phi) is 4.65. The Morgan fingerprint density at radius 1 is 1.32 bits per heavy atom. The molecule has 0 aliphatic rings. The number of hydrogen-bond acceptors (Lipinski definition) is 3. The summed E-state index contributed by atoms with van der Waals surface area (Å²) in [6.07, 6.45) is 4.62. The van der Waals surface area contributed by atoms with Crippen molar-refractivity contribution >= 4 is 39.7 Å². The molecule has 2 rings (SSSR count). The van der Waals surface area contributed by atoms with E-state index in [2.05, 4.69) is 31.4 Å². The quantitative estimate of drug-likeness (QED) is 0.690. The van der Waals surface area contributed by atoms with Gasteiger partial charge in [0.05, 0.1) is 11.8 Å². The maximum Gasteiger partial charge on any atom is 0.272 e. The van der Waals surface area contributed by atoms with Gasteiger partial charge in [0.15, 0.2) is 0 Å². The van der Waals surface area contributed by atoms with E-state index in [1.165, 1.54) is 6.20 Å². The zero-order valence-corrected chi connectivity index (χ0v) is 12.0. The van der Waals surface area contributed by atoms with Gasteiger partial charge in [-0.05, 0) is 39.7 Å². The Bertz CT molecular complexity index is 614. The molecule has 6 heteroatoms. The smallest absolute Gasteiger partial charge is 0.267 e. The first-order valence-corrected chi connectivity index (χ1v) is 6.52. The largest absolute Gasteiger partial charge is 0.272 e. The summed E-state index contributed by atoms with van der Waals surface area (Å²) in [6, 6.07) is 8.78. The van der Waals surface area contributed by atoms with Crippen molar-refractivity contribution in [3.05, 3.63) is 63.3 Å². The van der Waals surface area contributed by atoms with Crippen LogP contribution < -0.4 is 5.43 Å². The lowest BCUT2D eigenvalue weighted by Crippen LogP contribution is -2.17. The number of nitrogens with one attached hydrogen (secondary N) is 1. The van der Waals surface area contributed by atoms with E-state index in [1.807, 2.05) is 0 Å². The van der Waals surface area contributed by atoms with Gasteiger partial charge >= 0.3 is 0 Å². The van der Waals surface area contributed by atoms with Gasteiger partial charge < -0.3 is 0 Å². The van der Waals surface area contributed by atoms with Gasteiger partial charge in [0.25, 0.3) is 5.91 Å². The van der Waals surface area contributed by atoms with Crippen LogP contribution in [-0.2, 0) is 0 Å². The van der Waals surface area contributed by atoms with E-state index in [0.717, 1.165) is 10.0 Å². The molecule has 0 aliphatic carbocycles. The zero-order valence-electron chi connectivity index (χ0n) is 9.68. The number of rotatable bonds is 3. The van der Waals surface area contributed by atoms with Crippen molar-refractivity contribution in [3.63, 3.8) is 0 Å². The Morgan fingerprint density at radius 3 is 2.74 bits per heavy atom. The molecule has 0 bridgehead atoms. The van der Waals surface area contributed by atoms with Crippen LogP contribution in [0.5, 0.6) is 0 Å². The number of halogens is 2. The van der Waals surface area contributed by atoms with E-state index >= 15 is 0 Å². The average Bonchev–Trinajstić information content (AvgIpc) is 2.41. The monoisotopic (exact) mass is 337 g/mol. The van der Waals surface area contributed by atoms with Gasteiger partial charge in [0.2, 0.25) is 0 Å². The van der Waals surface area contributed by atoms with Crippen molar-refractivity contribution in [3.8, 4) is 0 Å². The fourth-order valence-electron chi connectivity index (χ4n) is 1.31. The number of benzene rings is 1. The summed E-state index contributed by atoms with van der Waals surface area (Å²) in [5, 5.41) is 4.52. The molecular formula is C13H9BrClN3O. The van der Waals surface area contributed by atoms with Crippen LogP contribution in [-0.4, -0.2) is 17.1 Å². The topological polar surface area (TPSA) is 54.4 Å². The Balaban J connectivity index is 1.98. The van der Waals surface area contributed by atoms with Gasteiger partial charge in [-0.25, -0.2) is 5.43 Å². The number of amides is 1. The number of carbonyl (C=O) groups excluding carboxylic acids is 1. The first-order chi connectivity index (χ1) is 9.15. The summed E-state index contributed by atoms with van der Waals surface area (Å²) < 4.78 is 0.738. The molecule has 0 radical (unpaired) electrons. The standard InChI is InChI=1S/C13H9BrClN3O/c14-11-5-10(7-16-8-11)13(19)18-17-6-9-1-3-12(15)4-2-9/h1-8H,(H,18,19)/b17-6+. The Morgan fingerprint density at radius 2 is 2.05 bits per heavy atom. The van der Waals surface area contributed by atoms with E-state index in [4.69, 9.17) is 11.6 Å². The number of hydrazone groups is 1. The molecule has 1 heterocycles. The van der Waals surface area contributed by atoms with Crippen LogP contribution in [0, 0.1) is 0 Å². The molecule has 0 saturated carbocycles. The molecule has 19 heavy (non-hydrogen) atoms. The predicted molar refractivity (Wildman–Crippen MR) is 78.4 cm³/mol. The van der Waals surface area contributed by atoms with E-state index < -0.39 is 0 Å². The third-order valence-electron chi connectivity index (χ3n) is 2.22. The summed E-state index contributed by atoms with van der Waals surface area (Å²) >= 11 is 9.01. The molecule has 96 valence electrons. The van der Waals surface area contributed by atoms with Crippen molar-refractivity contribution in [1.82, 2.24) is 10.4 Å². The fourth-order valence-corrected chi connectivity index (χ4v) is 1.81. The third-order valence-corrected chi connectivity index (χ3v) is 2.90. The van der Waals surface area contributed by atoms with Crippen molar-refractivity contribution in [2.75, 3.05) is 0 Å². The molecule has 0 atom stereocenters. The van der Waals surface area contributed by atoms with Crippen molar-refractivity contribution in [1.29, 1.82) is 0 Å². The van der Waals surface area contributed by atoms with Crippen LogP contribution in [0.2, 0.25) is 5.02 Å². The minimum Gasteiger partial charge on any atom is -0.267 e. The second-order valence-corrected chi connectivity index (χ2v) is 4.99. The van der Waals surface area contributed by atoms with E-state index in [0.29, 0.717) is 10.6 Å². The average molecular weight is 339 g/mol. The summed E-state index contributed by atoms with van der Waals surface area (Å²) in [7, 11) is 0. The highest BCUT2D eigenvalue weighted by molar-refractivity contribution is 9.10. The van der Waals surface area contributed by atoms with Gasteiger partial charge in [0, 0.05) is 21.9 Å². The third kappa shape index (κ3) is 4.15. The van der Waals surface area contributed by atoms with Gasteiger partial charge in [-0.15, -0.1) is 0 Å². The maximum absolute atomic E-state index is 11.7. The highest BCUT2D eigenvalue weighted by Gasteiger charge is 2.04. The summed E-state index contributed by atoms with van der Waals surface area (Å²) in [6.45, 7) is 0. The second-order valence-electron chi connectivity index (χ2n) is 3.64. The second kappa shape index (κ2) is 6.45. The van der Waals surface area contributed by atoms with E-state index in [-0.39, 0.29) is 5.91 Å². The van der Waals surface area contributed by atoms with Crippen LogP contribution in [0.25, 0.3) is 0 Å². The van der Waals surface area contributed by atoms with Crippen molar-refractivity contribution < 1.29 is 4.79 Å². The lowest BCUT2D eigenvalue weighted by molar-refractivity contribution is 0.0954. The van der Waals surface area contributed by atoms with Crippen LogP contribution in [0.15, 0.2) is 52.3 Å². The fraction of sp³-hybridized carbons (Fsp3) is 0. The number of nitrogens with zero attached hydrogens (tertiary/aromatic N) is 2. The molecule has 1 N–H and O–H groups in total. The number of pyridine rings is 1. The number of carbonyl (C=O) groups is 1. The molecule has 0 unspecified atom stereocenters. The highest BCUT2D eigenvalue weighted by Crippen LogP contribution is 2.09. The molecule has 1 aromatic carbocycles. The Hall–Kier alpha value is -1.72. The SMILES string of the molecule is O=C(N/N=C/c1ccc(Cl)cc1)c1cncc(Br)c1. The van der Waals surface area contributed by atoms with Crippen LogP contribution >= 0.6 is 27.5 Å². The van der Waals surface area contributed by atoms with E-state index in [9.17, 15) is 4.79 Å². The normalized spacial score (nSPS) is 10.6. The minimum absolute atomic E-state index is 0.320.